The van der Waals surface area contributed by atoms with Crippen LogP contribution >= 0.6 is 0 Å². The van der Waals surface area contributed by atoms with Crippen molar-refractivity contribution in [3.8, 4) is 11.6 Å². The molecule has 0 spiro atoms. The molecule has 0 saturated heterocycles. The maximum atomic E-state index is 10.7. The maximum absolute atomic E-state index is 10.7. The van der Waals surface area contributed by atoms with Gasteiger partial charge >= 0.3 is 5.97 Å². The largest absolute Gasteiger partial charge is 0.476 e. The molecule has 2 aromatic rings. The zero-order valence-corrected chi connectivity index (χ0v) is 9.12. The van der Waals surface area contributed by atoms with Gasteiger partial charge in [-0.3, -0.25) is 4.98 Å². The van der Waals surface area contributed by atoms with Crippen LogP contribution in [0.2, 0.25) is 0 Å². The molecule has 86 valence electrons. The van der Waals surface area contributed by atoms with Gasteiger partial charge in [0.05, 0.1) is 12.4 Å². The van der Waals surface area contributed by atoms with E-state index in [9.17, 15) is 4.79 Å². The van der Waals surface area contributed by atoms with Crippen molar-refractivity contribution in [2.24, 2.45) is 0 Å². The molecule has 0 atom stereocenters. The zero-order chi connectivity index (χ0) is 12.3. The third-order valence-corrected chi connectivity index (χ3v) is 2.07. The number of hydrogen-bond donors (Lipinski definition) is 1. The van der Waals surface area contributed by atoms with E-state index < -0.39 is 5.97 Å². The molecular weight excluding hydrogens is 220 g/mol. The fraction of sp³-hybridized carbons (Fsp3) is 0.0833. The Morgan fingerprint density at radius 2 is 1.94 bits per heavy atom. The second-order valence-corrected chi connectivity index (χ2v) is 3.46. The van der Waals surface area contributed by atoms with Gasteiger partial charge in [-0.2, -0.15) is 0 Å². The summed E-state index contributed by atoms with van der Waals surface area (Å²) in [6, 6.07) is 7.35. The van der Waals surface area contributed by atoms with Crippen LogP contribution in [0.4, 0.5) is 0 Å². The van der Waals surface area contributed by atoms with Crippen molar-refractivity contribution < 1.29 is 14.6 Å². The van der Waals surface area contributed by atoms with E-state index in [0.29, 0.717) is 5.75 Å². The number of aromatic nitrogens is 2. The molecule has 1 aromatic carbocycles. The fourth-order valence-electron chi connectivity index (χ4n) is 1.23. The molecule has 0 aliphatic heterocycles. The molecule has 0 unspecified atom stereocenters. The average molecular weight is 230 g/mol. The van der Waals surface area contributed by atoms with Crippen LogP contribution in [0, 0.1) is 6.92 Å². The number of benzene rings is 1. The summed E-state index contributed by atoms with van der Waals surface area (Å²) in [5.74, 6) is -0.381. The minimum Gasteiger partial charge on any atom is -0.476 e. The third kappa shape index (κ3) is 2.78. The van der Waals surface area contributed by atoms with Crippen molar-refractivity contribution >= 4 is 5.97 Å². The van der Waals surface area contributed by atoms with Gasteiger partial charge in [-0.15, -0.1) is 0 Å². The number of rotatable bonds is 3. The van der Waals surface area contributed by atoms with Crippen LogP contribution in [0.3, 0.4) is 0 Å². The predicted molar refractivity (Wildman–Crippen MR) is 60.2 cm³/mol. The smallest absolute Gasteiger partial charge is 0.356 e. The first-order valence-electron chi connectivity index (χ1n) is 4.95. The summed E-state index contributed by atoms with van der Waals surface area (Å²) >= 11 is 0. The van der Waals surface area contributed by atoms with Gasteiger partial charge < -0.3 is 9.84 Å². The van der Waals surface area contributed by atoms with Gasteiger partial charge in [0.25, 0.3) is 0 Å². The lowest BCUT2D eigenvalue weighted by molar-refractivity contribution is 0.0689. The van der Waals surface area contributed by atoms with E-state index in [4.69, 9.17) is 9.84 Å². The molecule has 2 rings (SSSR count). The second-order valence-electron chi connectivity index (χ2n) is 3.46. The first-order valence-corrected chi connectivity index (χ1v) is 4.95. The average Bonchev–Trinajstić information content (AvgIpc) is 2.32. The normalized spacial score (nSPS) is 9.94. The Hall–Kier alpha value is -2.43. The van der Waals surface area contributed by atoms with E-state index in [-0.39, 0.29) is 11.6 Å². The van der Waals surface area contributed by atoms with E-state index in [2.05, 4.69) is 9.97 Å². The van der Waals surface area contributed by atoms with Gasteiger partial charge in [0.1, 0.15) is 5.75 Å². The van der Waals surface area contributed by atoms with Crippen LogP contribution in [0.1, 0.15) is 16.1 Å². The predicted octanol–water partition coefficient (Wildman–Crippen LogP) is 2.28. The van der Waals surface area contributed by atoms with Crippen molar-refractivity contribution in [3.05, 3.63) is 47.9 Å². The highest BCUT2D eigenvalue weighted by atomic mass is 16.5. The SMILES string of the molecule is Cc1ccc(Oc2cncc(C(=O)O)n2)cc1. The molecule has 0 saturated carbocycles. The minimum atomic E-state index is -1.13. The summed E-state index contributed by atoms with van der Waals surface area (Å²) in [5.41, 5.74) is 0.970. The van der Waals surface area contributed by atoms with Crippen molar-refractivity contribution in [1.29, 1.82) is 0 Å². The van der Waals surface area contributed by atoms with Gasteiger partial charge in [-0.25, -0.2) is 9.78 Å². The Balaban J connectivity index is 2.21. The summed E-state index contributed by atoms with van der Waals surface area (Å²) in [5, 5.41) is 8.75. The Labute approximate surface area is 97.7 Å². The highest BCUT2D eigenvalue weighted by Gasteiger charge is 2.07. The molecule has 0 fully saturated rings. The lowest BCUT2D eigenvalue weighted by Crippen LogP contribution is -2.02. The number of nitrogens with zero attached hydrogens (tertiary/aromatic N) is 2. The molecule has 0 aliphatic rings. The number of aryl methyl sites for hydroxylation is 1. The zero-order valence-electron chi connectivity index (χ0n) is 9.12. The highest BCUT2D eigenvalue weighted by Crippen LogP contribution is 2.18. The number of carbonyl (C=O) groups is 1. The van der Waals surface area contributed by atoms with Gasteiger partial charge in [-0.1, -0.05) is 17.7 Å². The monoisotopic (exact) mass is 230 g/mol. The lowest BCUT2D eigenvalue weighted by atomic mass is 10.2. The van der Waals surface area contributed by atoms with E-state index in [1.165, 1.54) is 12.4 Å². The Morgan fingerprint density at radius 3 is 2.59 bits per heavy atom. The van der Waals surface area contributed by atoms with E-state index in [1.54, 1.807) is 12.1 Å². The fourth-order valence-corrected chi connectivity index (χ4v) is 1.23. The number of carboxylic acids is 1. The van der Waals surface area contributed by atoms with Crippen LogP contribution in [0.15, 0.2) is 36.7 Å². The van der Waals surface area contributed by atoms with E-state index in [1.807, 2.05) is 19.1 Å². The topological polar surface area (TPSA) is 72.3 Å². The maximum Gasteiger partial charge on any atom is 0.356 e. The molecule has 1 aromatic heterocycles. The van der Waals surface area contributed by atoms with Crippen molar-refractivity contribution in [3.63, 3.8) is 0 Å². The van der Waals surface area contributed by atoms with Crippen molar-refractivity contribution in [2.75, 3.05) is 0 Å². The molecule has 5 nitrogen and oxygen atoms in total. The Morgan fingerprint density at radius 1 is 1.24 bits per heavy atom. The molecule has 1 heterocycles. The van der Waals surface area contributed by atoms with Crippen molar-refractivity contribution in [2.45, 2.75) is 6.92 Å². The van der Waals surface area contributed by atoms with Crippen LogP contribution in [0.5, 0.6) is 11.6 Å². The summed E-state index contributed by atoms with van der Waals surface area (Å²) in [4.78, 5) is 18.2. The summed E-state index contributed by atoms with van der Waals surface area (Å²) in [6.07, 6.45) is 2.54. The number of carboxylic acid groups (broad SMARTS) is 1. The first kappa shape index (κ1) is 11.1. The molecule has 0 amide bonds. The molecule has 0 radical (unpaired) electrons. The van der Waals surface area contributed by atoms with Gasteiger partial charge in [0.15, 0.2) is 5.69 Å². The lowest BCUT2D eigenvalue weighted by Gasteiger charge is -2.04. The van der Waals surface area contributed by atoms with Crippen molar-refractivity contribution in [1.82, 2.24) is 9.97 Å². The first-order chi connectivity index (χ1) is 8.15. The molecular formula is C12H10N2O3. The van der Waals surface area contributed by atoms with Gasteiger partial charge in [0, 0.05) is 0 Å². The van der Waals surface area contributed by atoms with E-state index in [0.717, 1.165) is 5.56 Å². The molecule has 5 heteroatoms. The highest BCUT2D eigenvalue weighted by molar-refractivity contribution is 5.84. The van der Waals surface area contributed by atoms with Crippen LogP contribution in [-0.4, -0.2) is 21.0 Å². The number of ether oxygens (including phenoxy) is 1. The Bertz CT molecular complexity index is 538. The number of hydrogen-bond acceptors (Lipinski definition) is 4. The van der Waals surface area contributed by atoms with Crippen LogP contribution in [-0.2, 0) is 0 Å². The number of aromatic carboxylic acids is 1. The van der Waals surface area contributed by atoms with Crippen LogP contribution in [0.25, 0.3) is 0 Å². The minimum absolute atomic E-state index is 0.144. The van der Waals surface area contributed by atoms with Gasteiger partial charge in [-0.05, 0) is 19.1 Å². The molecule has 1 N–H and O–H groups in total. The van der Waals surface area contributed by atoms with E-state index >= 15 is 0 Å². The third-order valence-electron chi connectivity index (χ3n) is 2.07. The standard InChI is InChI=1S/C12H10N2O3/c1-8-2-4-9(5-3-8)17-11-7-13-6-10(14-11)12(15)16/h2-7H,1H3,(H,15,16). The van der Waals surface area contributed by atoms with Gasteiger partial charge in [0.2, 0.25) is 5.88 Å². The molecule has 0 aliphatic carbocycles. The molecule has 0 bridgehead atoms. The summed E-state index contributed by atoms with van der Waals surface area (Å²) in [7, 11) is 0. The quantitative estimate of drug-likeness (QED) is 0.875. The summed E-state index contributed by atoms with van der Waals surface area (Å²) in [6.45, 7) is 1.97. The second kappa shape index (κ2) is 4.61. The molecule has 17 heavy (non-hydrogen) atoms. The summed E-state index contributed by atoms with van der Waals surface area (Å²) < 4.78 is 5.39. The van der Waals surface area contributed by atoms with Crippen LogP contribution < -0.4 is 4.74 Å². The Kier molecular flexibility index (Phi) is 3.00.